The van der Waals surface area contributed by atoms with Gasteiger partial charge in [-0.2, -0.15) is 0 Å². The molecule has 0 saturated carbocycles. The summed E-state index contributed by atoms with van der Waals surface area (Å²) in [5.41, 5.74) is 5.10. The molecule has 5 N–H and O–H groups in total. The Morgan fingerprint density at radius 1 is 1.24 bits per heavy atom. The fourth-order valence-electron chi connectivity index (χ4n) is 0.499. The molecule has 0 bridgehead atoms. The Bertz CT molecular complexity index is 261. The van der Waals surface area contributed by atoms with Crippen molar-refractivity contribution in [2.24, 2.45) is 5.73 Å². The highest BCUT2D eigenvalue weighted by molar-refractivity contribution is 5.89. The predicted molar refractivity (Wildman–Crippen MR) is 58.5 cm³/mol. The van der Waals surface area contributed by atoms with Gasteiger partial charge >= 0.3 is 18.0 Å². The van der Waals surface area contributed by atoms with E-state index < -0.39 is 18.0 Å². The van der Waals surface area contributed by atoms with Crippen molar-refractivity contribution in [2.45, 2.75) is 6.92 Å². The minimum atomic E-state index is -1.26. The number of hydrogen-bond acceptors (Lipinski definition) is 5. The second-order valence-corrected chi connectivity index (χ2v) is 2.45. The van der Waals surface area contributed by atoms with Crippen LogP contribution >= 0.6 is 0 Å². The minimum absolute atomic E-state index is 0.399. The summed E-state index contributed by atoms with van der Waals surface area (Å²) in [7, 11) is 0. The van der Waals surface area contributed by atoms with E-state index in [1.54, 1.807) is 6.92 Å². The highest BCUT2D eigenvalue weighted by atomic mass is 16.5. The summed E-state index contributed by atoms with van der Waals surface area (Å²) in [4.78, 5) is 29.5. The van der Waals surface area contributed by atoms with Gasteiger partial charge < -0.3 is 26.0 Å². The monoisotopic (exact) mass is 248 g/mol. The number of aliphatic carboxylic acids is 2. The van der Waals surface area contributed by atoms with Crippen LogP contribution in [-0.4, -0.2) is 47.9 Å². The summed E-state index contributed by atoms with van der Waals surface area (Å²) >= 11 is 0. The highest BCUT2D eigenvalue weighted by Crippen LogP contribution is 1.73. The number of carboxylic acid groups (broad SMARTS) is 2. The Morgan fingerprint density at radius 3 is 2.00 bits per heavy atom. The molecule has 0 unspecified atom stereocenters. The first-order valence-electron chi connectivity index (χ1n) is 4.68. The van der Waals surface area contributed by atoms with Crippen LogP contribution in [0.3, 0.4) is 0 Å². The van der Waals surface area contributed by atoms with Gasteiger partial charge in [-0.3, -0.25) is 0 Å². The predicted octanol–water partition coefficient (Wildman–Crippen LogP) is -0.597. The normalized spacial score (nSPS) is 9.06. The van der Waals surface area contributed by atoms with E-state index in [4.69, 9.17) is 15.9 Å². The summed E-state index contributed by atoms with van der Waals surface area (Å²) in [6.07, 6.45) is 0.716. The fourth-order valence-corrected chi connectivity index (χ4v) is 0.499. The molecular weight excluding hydrogens is 232 g/mol. The summed E-state index contributed by atoms with van der Waals surface area (Å²) in [6, 6.07) is 0. The Morgan fingerprint density at radius 2 is 1.71 bits per heavy atom. The molecule has 0 atom stereocenters. The number of rotatable bonds is 5. The largest absolute Gasteiger partial charge is 0.478 e. The lowest BCUT2D eigenvalue weighted by Crippen LogP contribution is -2.29. The van der Waals surface area contributed by atoms with Gasteiger partial charge in [-0.1, -0.05) is 0 Å². The van der Waals surface area contributed by atoms with Crippen molar-refractivity contribution < 1.29 is 29.3 Å². The number of nitrogens with two attached hydrogens (primary N) is 1. The van der Waals surface area contributed by atoms with Crippen LogP contribution in [0.1, 0.15) is 6.92 Å². The van der Waals surface area contributed by atoms with E-state index >= 15 is 0 Å². The molecule has 0 saturated heterocycles. The maximum atomic E-state index is 10.4. The number of hydrogen-bond donors (Lipinski definition) is 4. The molecule has 0 heterocycles. The smallest absolute Gasteiger partial charge is 0.407 e. The molecule has 8 heteroatoms. The molecule has 0 aromatic rings. The zero-order valence-electron chi connectivity index (χ0n) is 9.38. The molecule has 98 valence electrons. The molecule has 0 radical (unpaired) electrons. The third-order valence-corrected chi connectivity index (χ3v) is 1.06. The Balaban J connectivity index is 0. The first kappa shape index (κ1) is 17.3. The van der Waals surface area contributed by atoms with Gasteiger partial charge in [0, 0.05) is 25.2 Å². The van der Waals surface area contributed by atoms with Crippen molar-refractivity contribution in [1.29, 1.82) is 0 Å². The van der Waals surface area contributed by atoms with E-state index in [1.165, 1.54) is 0 Å². The molecule has 0 aromatic heterocycles. The van der Waals surface area contributed by atoms with Crippen LogP contribution in [0.5, 0.6) is 0 Å². The van der Waals surface area contributed by atoms with Gasteiger partial charge in [-0.15, -0.1) is 0 Å². The lowest BCUT2D eigenvalue weighted by atomic mass is 10.5. The van der Waals surface area contributed by atoms with Crippen LogP contribution in [0, 0.1) is 0 Å². The van der Waals surface area contributed by atoms with E-state index in [1.807, 2.05) is 0 Å². The topological polar surface area (TPSA) is 139 Å². The van der Waals surface area contributed by atoms with Crippen molar-refractivity contribution >= 4 is 18.0 Å². The summed E-state index contributed by atoms with van der Waals surface area (Å²) < 4.78 is 4.54. The number of carboxylic acids is 2. The Labute approximate surface area is 98.1 Å². The summed E-state index contributed by atoms with van der Waals surface area (Å²) in [5.74, 6) is -2.51. The van der Waals surface area contributed by atoms with Crippen LogP contribution in [0.15, 0.2) is 12.2 Å². The third-order valence-electron chi connectivity index (χ3n) is 1.06. The summed E-state index contributed by atoms with van der Waals surface area (Å²) in [6.45, 7) is 3.07. The van der Waals surface area contributed by atoms with E-state index in [-0.39, 0.29) is 0 Å². The molecule has 8 nitrogen and oxygen atoms in total. The van der Waals surface area contributed by atoms with Crippen LogP contribution in [0.25, 0.3) is 0 Å². The number of amides is 1. The number of ether oxygens (including phenoxy) is 1. The molecule has 0 spiro atoms. The maximum Gasteiger partial charge on any atom is 0.407 e. The van der Waals surface area contributed by atoms with Gasteiger partial charge in [0.1, 0.15) is 0 Å². The Hall–Kier alpha value is -2.09. The third kappa shape index (κ3) is 20.1. The second-order valence-electron chi connectivity index (χ2n) is 2.45. The zero-order chi connectivity index (χ0) is 13.7. The van der Waals surface area contributed by atoms with Crippen LogP contribution in [-0.2, 0) is 14.3 Å². The van der Waals surface area contributed by atoms with Crippen molar-refractivity contribution in [3.63, 3.8) is 0 Å². The van der Waals surface area contributed by atoms with E-state index in [0.717, 1.165) is 0 Å². The summed E-state index contributed by atoms with van der Waals surface area (Å²) in [5, 5.41) is 18.1. The quantitative estimate of drug-likeness (QED) is 0.476. The van der Waals surface area contributed by atoms with Gasteiger partial charge in [-0.05, 0) is 6.92 Å². The number of carbonyl (C=O) groups is 3. The number of carbonyl (C=O) groups excluding carboxylic acids is 1. The first-order chi connectivity index (χ1) is 7.93. The molecule has 17 heavy (non-hydrogen) atoms. The standard InChI is InChI=1S/C5H12N2O2.C4H4O4/c1-2-9-5(8)7-4-3-6;5-3(6)1-2-4(7)8/h2-4,6H2,1H3,(H,7,8);1-2H,(H,5,6)(H,7,8)/b;2-1+. The number of nitrogens with one attached hydrogen (secondary N) is 1. The minimum Gasteiger partial charge on any atom is -0.478 e. The van der Waals surface area contributed by atoms with Crippen molar-refractivity contribution in [3.05, 3.63) is 12.2 Å². The molecule has 1 amide bonds. The molecule has 0 rings (SSSR count). The lowest BCUT2D eigenvalue weighted by Gasteiger charge is -2.01. The van der Waals surface area contributed by atoms with Gasteiger partial charge in [0.25, 0.3) is 0 Å². The maximum absolute atomic E-state index is 10.4. The van der Waals surface area contributed by atoms with Gasteiger partial charge in [0.2, 0.25) is 0 Å². The molecule has 0 aliphatic rings. The SMILES string of the molecule is CCOC(=O)NCCN.O=C(O)/C=C/C(=O)O. The van der Waals surface area contributed by atoms with Gasteiger partial charge in [0.05, 0.1) is 6.61 Å². The first-order valence-corrected chi connectivity index (χ1v) is 4.68. The highest BCUT2D eigenvalue weighted by Gasteiger charge is 1.94. The van der Waals surface area contributed by atoms with E-state index in [9.17, 15) is 14.4 Å². The van der Waals surface area contributed by atoms with Crippen molar-refractivity contribution in [1.82, 2.24) is 5.32 Å². The van der Waals surface area contributed by atoms with Crippen LogP contribution < -0.4 is 11.1 Å². The molecular formula is C9H16N2O6. The van der Waals surface area contributed by atoms with E-state index in [0.29, 0.717) is 31.8 Å². The Kier molecular flexibility index (Phi) is 12.2. The zero-order valence-corrected chi connectivity index (χ0v) is 9.38. The van der Waals surface area contributed by atoms with Crippen LogP contribution in [0.4, 0.5) is 4.79 Å². The lowest BCUT2D eigenvalue weighted by molar-refractivity contribution is -0.134. The molecule has 0 aromatic carbocycles. The van der Waals surface area contributed by atoms with Gasteiger partial charge in [-0.25, -0.2) is 14.4 Å². The van der Waals surface area contributed by atoms with Crippen molar-refractivity contribution in [2.75, 3.05) is 19.7 Å². The van der Waals surface area contributed by atoms with Crippen LogP contribution in [0.2, 0.25) is 0 Å². The number of alkyl carbamates (subject to hydrolysis) is 1. The van der Waals surface area contributed by atoms with Gasteiger partial charge in [0.15, 0.2) is 0 Å². The average Bonchev–Trinajstić information content (AvgIpc) is 2.25. The second kappa shape index (κ2) is 12.0. The molecule has 0 fully saturated rings. The molecule has 0 aliphatic heterocycles. The van der Waals surface area contributed by atoms with Crippen molar-refractivity contribution in [3.8, 4) is 0 Å². The average molecular weight is 248 g/mol. The van der Waals surface area contributed by atoms with E-state index in [2.05, 4.69) is 10.1 Å². The molecule has 0 aliphatic carbocycles. The fraction of sp³-hybridized carbons (Fsp3) is 0.444.